The van der Waals surface area contributed by atoms with Crippen LogP contribution in [0.15, 0.2) is 71.8 Å². The Kier molecular flexibility index (Phi) is 5.58. The SMILES string of the molecule is O=COC(CCc1ccc(Cl)cc1)C(O)=C1CC=C2C=CC=CN2C1=O. The van der Waals surface area contributed by atoms with Crippen molar-refractivity contribution in [1.29, 1.82) is 0 Å². The summed E-state index contributed by atoms with van der Waals surface area (Å²) in [6.45, 7) is 0.293. The number of halogens is 1. The van der Waals surface area contributed by atoms with Crippen molar-refractivity contribution in [3.05, 3.63) is 82.4 Å². The normalized spacial score (nSPS) is 18.9. The van der Waals surface area contributed by atoms with Gasteiger partial charge in [0.25, 0.3) is 12.4 Å². The van der Waals surface area contributed by atoms with Crippen LogP contribution >= 0.6 is 11.6 Å². The van der Waals surface area contributed by atoms with E-state index in [1.165, 1.54) is 4.90 Å². The predicted molar refractivity (Wildman–Crippen MR) is 98.2 cm³/mol. The van der Waals surface area contributed by atoms with E-state index in [1.807, 2.05) is 30.4 Å². The highest BCUT2D eigenvalue weighted by molar-refractivity contribution is 6.30. The van der Waals surface area contributed by atoms with Crippen molar-refractivity contribution in [2.24, 2.45) is 0 Å². The van der Waals surface area contributed by atoms with E-state index in [1.54, 1.807) is 24.4 Å². The van der Waals surface area contributed by atoms with Crippen LogP contribution in [0.3, 0.4) is 0 Å². The van der Waals surface area contributed by atoms with Gasteiger partial charge in [0.1, 0.15) is 5.76 Å². The van der Waals surface area contributed by atoms with Gasteiger partial charge >= 0.3 is 0 Å². The Morgan fingerprint density at radius 1 is 1.31 bits per heavy atom. The molecule has 1 unspecified atom stereocenters. The Balaban J connectivity index is 1.79. The standard InChI is InChI=1S/C20H18ClNO4/c21-15-7-4-14(5-8-15)6-11-18(26-13-23)19(24)17-10-9-16-3-1-2-12-22(16)20(17)25/h1-5,7-9,12-13,18,24H,6,10-11H2. The molecule has 0 radical (unpaired) electrons. The average Bonchev–Trinajstić information content (AvgIpc) is 2.66. The number of hydrogen-bond acceptors (Lipinski definition) is 4. The number of aliphatic hydroxyl groups is 1. The van der Waals surface area contributed by atoms with Crippen molar-refractivity contribution in [1.82, 2.24) is 4.90 Å². The summed E-state index contributed by atoms with van der Waals surface area (Å²) in [5.41, 5.74) is 1.99. The first kappa shape index (κ1) is 18.0. The van der Waals surface area contributed by atoms with Crippen molar-refractivity contribution in [2.75, 3.05) is 0 Å². The predicted octanol–water partition coefficient (Wildman–Crippen LogP) is 3.83. The van der Waals surface area contributed by atoms with Gasteiger partial charge < -0.3 is 9.84 Å². The van der Waals surface area contributed by atoms with Gasteiger partial charge in [-0.1, -0.05) is 35.9 Å². The summed E-state index contributed by atoms with van der Waals surface area (Å²) >= 11 is 5.87. The third-order valence-electron chi connectivity index (χ3n) is 4.33. The molecule has 0 fully saturated rings. The lowest BCUT2D eigenvalue weighted by atomic mass is 9.98. The van der Waals surface area contributed by atoms with Crippen molar-refractivity contribution in [3.63, 3.8) is 0 Å². The fraction of sp³-hybridized carbons (Fsp3) is 0.200. The Hall–Kier alpha value is -2.79. The van der Waals surface area contributed by atoms with Gasteiger partial charge in [-0.05, 0) is 42.7 Å². The molecule has 0 aliphatic carbocycles. The lowest BCUT2D eigenvalue weighted by Crippen LogP contribution is -2.32. The number of aryl methyl sites for hydroxylation is 1. The average molecular weight is 372 g/mol. The van der Waals surface area contributed by atoms with Gasteiger partial charge in [0, 0.05) is 23.3 Å². The Morgan fingerprint density at radius 2 is 2.08 bits per heavy atom. The smallest absolute Gasteiger partial charge is 0.293 e. The molecule has 2 aliphatic heterocycles. The third kappa shape index (κ3) is 3.89. The maximum absolute atomic E-state index is 12.6. The van der Waals surface area contributed by atoms with Crippen LogP contribution in [0.1, 0.15) is 18.4 Å². The lowest BCUT2D eigenvalue weighted by Gasteiger charge is -2.28. The Bertz CT molecular complexity index is 821. The second-order valence-electron chi connectivity index (χ2n) is 5.96. The van der Waals surface area contributed by atoms with E-state index in [9.17, 15) is 14.7 Å². The van der Waals surface area contributed by atoms with Crippen LogP contribution in [-0.2, 0) is 20.7 Å². The van der Waals surface area contributed by atoms with Crippen LogP contribution in [0.25, 0.3) is 0 Å². The van der Waals surface area contributed by atoms with E-state index in [4.69, 9.17) is 16.3 Å². The first-order valence-electron chi connectivity index (χ1n) is 8.24. The van der Waals surface area contributed by atoms with Gasteiger partial charge in [0.05, 0.1) is 5.57 Å². The molecule has 5 nitrogen and oxygen atoms in total. The summed E-state index contributed by atoms with van der Waals surface area (Å²) in [4.78, 5) is 25.0. The van der Waals surface area contributed by atoms with Crippen molar-refractivity contribution in [3.8, 4) is 0 Å². The number of allylic oxidation sites excluding steroid dienone is 4. The molecule has 1 amide bonds. The summed E-state index contributed by atoms with van der Waals surface area (Å²) in [5.74, 6) is -0.513. The first-order chi connectivity index (χ1) is 12.6. The number of nitrogens with zero attached hydrogens (tertiary/aromatic N) is 1. The highest BCUT2D eigenvalue weighted by Gasteiger charge is 2.30. The molecule has 134 valence electrons. The maximum Gasteiger partial charge on any atom is 0.293 e. The molecule has 1 aromatic carbocycles. The molecule has 0 bridgehead atoms. The number of rotatable bonds is 6. The number of amides is 1. The molecule has 0 aromatic heterocycles. The second kappa shape index (κ2) is 8.06. The Morgan fingerprint density at radius 3 is 2.81 bits per heavy atom. The largest absolute Gasteiger partial charge is 0.508 e. The zero-order valence-electron chi connectivity index (χ0n) is 14.0. The number of hydrogen-bond donors (Lipinski definition) is 1. The van der Waals surface area contributed by atoms with E-state index in [-0.39, 0.29) is 23.7 Å². The number of fused-ring (bicyclic) bond motifs is 1. The van der Waals surface area contributed by atoms with E-state index >= 15 is 0 Å². The van der Waals surface area contributed by atoms with Gasteiger partial charge in [0.15, 0.2) is 6.10 Å². The van der Waals surface area contributed by atoms with Crippen molar-refractivity contribution < 1.29 is 19.4 Å². The molecule has 0 saturated carbocycles. The zero-order valence-corrected chi connectivity index (χ0v) is 14.7. The van der Waals surface area contributed by atoms with Crippen LogP contribution in [0.4, 0.5) is 0 Å². The minimum atomic E-state index is -0.874. The molecule has 6 heteroatoms. The van der Waals surface area contributed by atoms with Gasteiger partial charge in [-0.25, -0.2) is 0 Å². The van der Waals surface area contributed by atoms with Crippen molar-refractivity contribution >= 4 is 24.0 Å². The number of carbonyl (C=O) groups excluding carboxylic acids is 2. The molecule has 3 rings (SSSR count). The van der Waals surface area contributed by atoms with Crippen LogP contribution in [0.5, 0.6) is 0 Å². The molecule has 2 heterocycles. The molecule has 1 aromatic rings. The van der Waals surface area contributed by atoms with Gasteiger partial charge in [-0.3, -0.25) is 14.5 Å². The summed E-state index contributed by atoms with van der Waals surface area (Å²) in [5, 5.41) is 11.2. The van der Waals surface area contributed by atoms with Crippen LogP contribution < -0.4 is 0 Å². The topological polar surface area (TPSA) is 66.8 Å². The number of ether oxygens (including phenoxy) is 1. The van der Waals surface area contributed by atoms with E-state index in [0.29, 0.717) is 24.3 Å². The fourth-order valence-electron chi connectivity index (χ4n) is 2.94. The van der Waals surface area contributed by atoms with Crippen LogP contribution in [0, 0.1) is 0 Å². The van der Waals surface area contributed by atoms with Crippen LogP contribution in [-0.4, -0.2) is 28.5 Å². The molecule has 1 N–H and O–H groups in total. The molecule has 0 spiro atoms. The summed E-state index contributed by atoms with van der Waals surface area (Å²) in [6, 6.07) is 7.29. The van der Waals surface area contributed by atoms with Crippen LogP contribution in [0.2, 0.25) is 5.02 Å². The molecule has 1 atom stereocenters. The number of benzene rings is 1. The zero-order chi connectivity index (χ0) is 18.5. The fourth-order valence-corrected chi connectivity index (χ4v) is 3.07. The van der Waals surface area contributed by atoms with Gasteiger partial charge in [-0.15, -0.1) is 0 Å². The summed E-state index contributed by atoms with van der Waals surface area (Å²) in [6.07, 6.45) is 9.24. The summed E-state index contributed by atoms with van der Waals surface area (Å²) in [7, 11) is 0. The first-order valence-corrected chi connectivity index (χ1v) is 8.62. The van der Waals surface area contributed by atoms with E-state index < -0.39 is 6.10 Å². The maximum atomic E-state index is 12.6. The molecule has 2 aliphatic rings. The Labute approximate surface area is 156 Å². The monoisotopic (exact) mass is 371 g/mol. The van der Waals surface area contributed by atoms with Crippen molar-refractivity contribution in [2.45, 2.75) is 25.4 Å². The quantitative estimate of drug-likeness (QED) is 0.469. The van der Waals surface area contributed by atoms with E-state index in [2.05, 4.69) is 0 Å². The minimum absolute atomic E-state index is 0.200. The van der Waals surface area contributed by atoms with Gasteiger partial charge in [0.2, 0.25) is 0 Å². The third-order valence-corrected chi connectivity index (χ3v) is 4.58. The lowest BCUT2D eigenvalue weighted by molar-refractivity contribution is -0.134. The number of carbonyl (C=O) groups is 2. The minimum Gasteiger partial charge on any atom is -0.508 e. The highest BCUT2D eigenvalue weighted by atomic mass is 35.5. The van der Waals surface area contributed by atoms with Gasteiger partial charge in [-0.2, -0.15) is 0 Å². The molecular formula is C20H18ClNO4. The summed E-state index contributed by atoms with van der Waals surface area (Å²) < 4.78 is 5.05. The molecule has 0 saturated heterocycles. The van der Waals surface area contributed by atoms with E-state index in [0.717, 1.165) is 11.3 Å². The molecular weight excluding hydrogens is 354 g/mol. The molecule has 26 heavy (non-hydrogen) atoms. The highest BCUT2D eigenvalue weighted by Crippen LogP contribution is 2.28. The second-order valence-corrected chi connectivity index (χ2v) is 6.40. The number of aliphatic hydroxyl groups excluding tert-OH is 1.